The Morgan fingerprint density at radius 3 is 2.57 bits per heavy atom. The van der Waals surface area contributed by atoms with E-state index in [1.807, 2.05) is 36.2 Å². The second-order valence-corrected chi connectivity index (χ2v) is 8.89. The van der Waals surface area contributed by atoms with Gasteiger partial charge in [-0.15, -0.1) is 0 Å². The van der Waals surface area contributed by atoms with Crippen LogP contribution in [0.1, 0.15) is 17.2 Å². The summed E-state index contributed by atoms with van der Waals surface area (Å²) in [4.78, 5) is 9.22. The van der Waals surface area contributed by atoms with Crippen LogP contribution in [-0.4, -0.2) is 76.8 Å². The number of aromatic nitrogens is 1. The quantitative estimate of drug-likeness (QED) is 0.736. The summed E-state index contributed by atoms with van der Waals surface area (Å²) < 4.78 is 5.78. The lowest BCUT2D eigenvalue weighted by molar-refractivity contribution is 0.0715. The molecule has 1 N–H and O–H groups in total. The summed E-state index contributed by atoms with van der Waals surface area (Å²) in [5.74, 6) is 3.71. The van der Waals surface area contributed by atoms with Gasteiger partial charge in [-0.2, -0.15) is 11.8 Å². The van der Waals surface area contributed by atoms with E-state index in [1.165, 1.54) is 11.3 Å². The maximum atomic E-state index is 10.2. The molecule has 0 amide bonds. The summed E-state index contributed by atoms with van der Waals surface area (Å²) in [7, 11) is 0. The number of aliphatic hydroxyl groups excluding tert-OH is 1. The van der Waals surface area contributed by atoms with Gasteiger partial charge < -0.3 is 9.84 Å². The van der Waals surface area contributed by atoms with Crippen molar-refractivity contribution in [3.8, 4) is 5.75 Å². The van der Waals surface area contributed by atoms with E-state index in [-0.39, 0.29) is 0 Å². The van der Waals surface area contributed by atoms with Gasteiger partial charge in [0.05, 0.1) is 0 Å². The van der Waals surface area contributed by atoms with Crippen molar-refractivity contribution in [3.63, 3.8) is 0 Å². The van der Waals surface area contributed by atoms with Crippen molar-refractivity contribution in [1.29, 1.82) is 0 Å². The van der Waals surface area contributed by atoms with Gasteiger partial charge in [-0.05, 0) is 29.8 Å². The van der Waals surface area contributed by atoms with Gasteiger partial charge in [0, 0.05) is 68.6 Å². The van der Waals surface area contributed by atoms with Gasteiger partial charge in [-0.25, -0.2) is 0 Å². The number of hydrogen-bond donors (Lipinski definition) is 1. The molecule has 2 aliphatic rings. The lowest BCUT2D eigenvalue weighted by Crippen LogP contribution is -2.44. The average Bonchev–Trinajstić information content (AvgIpc) is 2.71. The van der Waals surface area contributed by atoms with E-state index >= 15 is 0 Å². The molecule has 0 radical (unpaired) electrons. The molecule has 2 fully saturated rings. The summed E-state index contributed by atoms with van der Waals surface area (Å²) in [5, 5.41) is 10.2. The zero-order valence-corrected chi connectivity index (χ0v) is 17.1. The molecule has 0 spiro atoms. The number of β-amino-alcohol motifs (C(OH)–C–C–N with tert-alkyl or cyclic N) is 1. The number of thioether (sulfide) groups is 1. The molecule has 0 saturated carbocycles. The third-order valence-corrected chi connectivity index (χ3v) is 6.35. The Labute approximate surface area is 171 Å². The molecule has 1 unspecified atom stereocenters. The van der Waals surface area contributed by atoms with Crippen LogP contribution >= 0.6 is 11.8 Å². The molecule has 28 heavy (non-hydrogen) atoms. The molecule has 2 saturated heterocycles. The number of rotatable bonds is 8. The first kappa shape index (κ1) is 19.7. The molecule has 0 bridgehead atoms. The van der Waals surface area contributed by atoms with Crippen LogP contribution in [0.15, 0.2) is 48.7 Å². The van der Waals surface area contributed by atoms with E-state index in [1.54, 1.807) is 0 Å². The molecule has 4 rings (SSSR count). The predicted octanol–water partition coefficient (Wildman–Crippen LogP) is 2.47. The molecule has 2 aromatic rings. The molecule has 3 heterocycles. The van der Waals surface area contributed by atoms with Crippen molar-refractivity contribution in [1.82, 2.24) is 14.8 Å². The Hall–Kier alpha value is -1.60. The topological polar surface area (TPSA) is 48.8 Å². The Bertz CT molecular complexity index is 716. The monoisotopic (exact) mass is 399 g/mol. The van der Waals surface area contributed by atoms with E-state index in [9.17, 15) is 5.11 Å². The van der Waals surface area contributed by atoms with Gasteiger partial charge in [0.1, 0.15) is 18.5 Å². The Balaban J connectivity index is 1.17. The number of pyridine rings is 1. The van der Waals surface area contributed by atoms with Gasteiger partial charge in [0.2, 0.25) is 0 Å². The lowest BCUT2D eigenvalue weighted by atomic mass is 9.95. The van der Waals surface area contributed by atoms with Crippen molar-refractivity contribution in [2.75, 3.05) is 50.8 Å². The van der Waals surface area contributed by atoms with Crippen LogP contribution < -0.4 is 4.74 Å². The molecular formula is C22H29N3O2S. The fraction of sp³-hybridized carbons (Fsp3) is 0.500. The zero-order valence-electron chi connectivity index (χ0n) is 16.2. The zero-order chi connectivity index (χ0) is 19.2. The van der Waals surface area contributed by atoms with Crippen LogP contribution in [0, 0.1) is 0 Å². The molecule has 150 valence electrons. The van der Waals surface area contributed by atoms with Gasteiger partial charge in [-0.3, -0.25) is 14.8 Å². The maximum absolute atomic E-state index is 10.2. The second-order valence-electron chi connectivity index (χ2n) is 7.67. The highest BCUT2D eigenvalue weighted by Crippen LogP contribution is 2.27. The van der Waals surface area contributed by atoms with Crippen LogP contribution in [0.5, 0.6) is 5.75 Å². The normalized spacial score (nSPS) is 19.9. The summed E-state index contributed by atoms with van der Waals surface area (Å²) in [6.07, 6.45) is 1.44. The highest BCUT2D eigenvalue weighted by molar-refractivity contribution is 7.99. The van der Waals surface area contributed by atoms with Crippen LogP contribution in [0.3, 0.4) is 0 Å². The summed E-state index contributed by atoms with van der Waals surface area (Å²) in [6, 6.07) is 14.4. The fourth-order valence-corrected chi connectivity index (χ4v) is 4.76. The predicted molar refractivity (Wildman–Crippen MR) is 114 cm³/mol. The Morgan fingerprint density at radius 2 is 1.86 bits per heavy atom. The van der Waals surface area contributed by atoms with E-state index < -0.39 is 6.10 Å². The van der Waals surface area contributed by atoms with Crippen LogP contribution in [0.25, 0.3) is 0 Å². The van der Waals surface area contributed by atoms with Crippen molar-refractivity contribution < 1.29 is 9.84 Å². The highest BCUT2D eigenvalue weighted by atomic mass is 32.2. The lowest BCUT2D eigenvalue weighted by Gasteiger charge is -2.39. The van der Waals surface area contributed by atoms with Crippen LogP contribution in [0.4, 0.5) is 0 Å². The van der Waals surface area contributed by atoms with Crippen LogP contribution in [0.2, 0.25) is 0 Å². The minimum atomic E-state index is -0.438. The van der Waals surface area contributed by atoms with E-state index in [4.69, 9.17) is 4.74 Å². The summed E-state index contributed by atoms with van der Waals surface area (Å²) in [5.41, 5.74) is 2.49. The molecule has 2 aliphatic heterocycles. The average molecular weight is 400 g/mol. The van der Waals surface area contributed by atoms with Crippen LogP contribution in [-0.2, 0) is 6.54 Å². The van der Waals surface area contributed by atoms with Gasteiger partial charge in [-0.1, -0.05) is 18.2 Å². The van der Waals surface area contributed by atoms with Crippen molar-refractivity contribution in [2.24, 2.45) is 0 Å². The first-order valence-electron chi connectivity index (χ1n) is 10.1. The first-order chi connectivity index (χ1) is 13.8. The standard InChI is InChI=1S/C22H29N3O2S/c26-20(16-24-9-11-28-12-10-24)17-27-21-6-4-18(5-7-21)13-25-14-19(15-25)22-3-1-2-8-23-22/h1-8,19-20,26H,9-17H2. The molecule has 1 aromatic heterocycles. The van der Waals surface area contributed by atoms with Gasteiger partial charge >= 0.3 is 0 Å². The maximum Gasteiger partial charge on any atom is 0.119 e. The summed E-state index contributed by atoms with van der Waals surface area (Å²) in [6.45, 7) is 6.26. The number of nitrogens with zero attached hydrogens (tertiary/aromatic N) is 3. The number of benzene rings is 1. The molecule has 5 nitrogen and oxygen atoms in total. The summed E-state index contributed by atoms with van der Waals surface area (Å²) >= 11 is 1.98. The van der Waals surface area contributed by atoms with E-state index in [0.29, 0.717) is 19.1 Å². The largest absolute Gasteiger partial charge is 0.491 e. The molecule has 0 aliphatic carbocycles. The van der Waals surface area contributed by atoms with E-state index in [2.05, 4.69) is 39.0 Å². The van der Waals surface area contributed by atoms with Gasteiger partial charge in [0.25, 0.3) is 0 Å². The van der Waals surface area contributed by atoms with Crippen molar-refractivity contribution in [2.45, 2.75) is 18.6 Å². The molecular weight excluding hydrogens is 370 g/mol. The highest BCUT2D eigenvalue weighted by Gasteiger charge is 2.28. The number of aliphatic hydroxyl groups is 1. The minimum absolute atomic E-state index is 0.348. The first-order valence-corrected chi connectivity index (χ1v) is 11.2. The van der Waals surface area contributed by atoms with Crippen molar-refractivity contribution in [3.05, 3.63) is 59.9 Å². The Kier molecular flexibility index (Phi) is 6.86. The van der Waals surface area contributed by atoms with Crippen molar-refractivity contribution >= 4 is 11.8 Å². The van der Waals surface area contributed by atoms with E-state index in [0.717, 1.165) is 50.0 Å². The smallest absolute Gasteiger partial charge is 0.119 e. The third kappa shape index (κ3) is 5.47. The Morgan fingerprint density at radius 1 is 1.07 bits per heavy atom. The molecule has 6 heteroatoms. The minimum Gasteiger partial charge on any atom is -0.491 e. The SMILES string of the molecule is OC(COc1ccc(CN2CC(c3ccccn3)C2)cc1)CN1CCSCC1. The fourth-order valence-electron chi connectivity index (χ4n) is 3.78. The number of likely N-dealkylation sites (tertiary alicyclic amines) is 1. The second kappa shape index (κ2) is 9.74. The molecule has 1 aromatic carbocycles. The number of ether oxygens (including phenoxy) is 1. The number of hydrogen-bond acceptors (Lipinski definition) is 6. The third-order valence-electron chi connectivity index (χ3n) is 5.41. The molecule has 1 atom stereocenters. The van der Waals surface area contributed by atoms with Gasteiger partial charge in [0.15, 0.2) is 0 Å².